The molecule has 0 aliphatic heterocycles. The van der Waals surface area contributed by atoms with E-state index in [-0.39, 0.29) is 5.91 Å². The summed E-state index contributed by atoms with van der Waals surface area (Å²) in [5.74, 6) is -0.272. The molecule has 0 aliphatic rings. The van der Waals surface area contributed by atoms with E-state index in [1.807, 2.05) is 36.4 Å². The molecule has 2 aromatic heterocycles. The number of carbonyl (C=O) groups is 1. The van der Waals surface area contributed by atoms with Gasteiger partial charge in [-0.15, -0.1) is 0 Å². The van der Waals surface area contributed by atoms with Crippen molar-refractivity contribution in [3.8, 4) is 10.6 Å². The summed E-state index contributed by atoms with van der Waals surface area (Å²) in [6.07, 6.45) is 1.75. The van der Waals surface area contributed by atoms with Crippen LogP contribution in [0, 0.1) is 0 Å². The standard InChI is InChI=1S/C19H11Cl2N3OS/c20-13-8-12(9-14(21)10-13)17(25)23-15-5-3-11(4-6-15)18-24-16-2-1-7-22-19(16)26-18/h1-10H,(H,23,25). The molecule has 4 rings (SSSR count). The van der Waals surface area contributed by atoms with Crippen molar-refractivity contribution in [1.29, 1.82) is 0 Å². The Kier molecular flexibility index (Phi) is 4.59. The summed E-state index contributed by atoms with van der Waals surface area (Å²) < 4.78 is 0. The van der Waals surface area contributed by atoms with Crippen LogP contribution in [0.2, 0.25) is 10.0 Å². The number of aromatic nitrogens is 2. The number of hydrogen-bond acceptors (Lipinski definition) is 4. The van der Waals surface area contributed by atoms with Crippen LogP contribution in [0.15, 0.2) is 60.8 Å². The highest BCUT2D eigenvalue weighted by Gasteiger charge is 2.10. The summed E-state index contributed by atoms with van der Waals surface area (Å²) in [7, 11) is 0. The molecule has 0 bridgehead atoms. The molecule has 0 atom stereocenters. The van der Waals surface area contributed by atoms with E-state index in [0.717, 1.165) is 20.9 Å². The van der Waals surface area contributed by atoms with Crippen molar-refractivity contribution < 1.29 is 4.79 Å². The van der Waals surface area contributed by atoms with Gasteiger partial charge in [0.2, 0.25) is 0 Å². The molecule has 26 heavy (non-hydrogen) atoms. The zero-order chi connectivity index (χ0) is 18.1. The summed E-state index contributed by atoms with van der Waals surface area (Å²) in [5, 5.41) is 4.56. The number of amides is 1. The Bertz CT molecular complexity index is 1060. The molecule has 2 aromatic carbocycles. The number of carbonyl (C=O) groups excluding carboxylic acids is 1. The molecule has 0 fully saturated rings. The van der Waals surface area contributed by atoms with Crippen LogP contribution in [-0.4, -0.2) is 15.9 Å². The van der Waals surface area contributed by atoms with Crippen LogP contribution in [-0.2, 0) is 0 Å². The van der Waals surface area contributed by atoms with Gasteiger partial charge in [-0.05, 0) is 54.6 Å². The first kappa shape index (κ1) is 17.0. The third-order valence-corrected chi connectivity index (χ3v) is 5.15. The minimum absolute atomic E-state index is 0.272. The van der Waals surface area contributed by atoms with Crippen LogP contribution in [0.5, 0.6) is 0 Å². The molecular formula is C19H11Cl2N3OS. The normalized spacial score (nSPS) is 10.8. The number of benzene rings is 2. The van der Waals surface area contributed by atoms with Crippen LogP contribution in [0.25, 0.3) is 20.9 Å². The molecule has 1 N–H and O–H groups in total. The third-order valence-electron chi connectivity index (χ3n) is 3.68. The van der Waals surface area contributed by atoms with Crippen molar-refractivity contribution in [3.05, 3.63) is 76.4 Å². The lowest BCUT2D eigenvalue weighted by atomic mass is 10.2. The molecule has 1 amide bonds. The van der Waals surface area contributed by atoms with Gasteiger partial charge in [0.15, 0.2) is 0 Å². The summed E-state index contributed by atoms with van der Waals surface area (Å²) in [6.45, 7) is 0. The maximum absolute atomic E-state index is 12.3. The van der Waals surface area contributed by atoms with Gasteiger partial charge in [0.1, 0.15) is 15.4 Å². The lowest BCUT2D eigenvalue weighted by molar-refractivity contribution is 0.102. The Morgan fingerprint density at radius 1 is 1.00 bits per heavy atom. The highest BCUT2D eigenvalue weighted by Crippen LogP contribution is 2.29. The maximum atomic E-state index is 12.3. The first-order valence-corrected chi connectivity index (χ1v) is 9.25. The average Bonchev–Trinajstić information content (AvgIpc) is 3.05. The van der Waals surface area contributed by atoms with Gasteiger partial charge in [-0.3, -0.25) is 4.79 Å². The molecule has 0 saturated heterocycles. The smallest absolute Gasteiger partial charge is 0.255 e. The first-order chi connectivity index (χ1) is 12.6. The zero-order valence-electron chi connectivity index (χ0n) is 13.2. The molecule has 4 nitrogen and oxygen atoms in total. The van der Waals surface area contributed by atoms with E-state index < -0.39 is 0 Å². The molecule has 7 heteroatoms. The van der Waals surface area contributed by atoms with Gasteiger partial charge < -0.3 is 5.32 Å². The zero-order valence-corrected chi connectivity index (χ0v) is 15.6. The van der Waals surface area contributed by atoms with Crippen LogP contribution in [0.4, 0.5) is 5.69 Å². The molecular weight excluding hydrogens is 389 g/mol. The largest absolute Gasteiger partial charge is 0.322 e. The van der Waals surface area contributed by atoms with E-state index in [0.29, 0.717) is 21.3 Å². The number of pyridine rings is 1. The fraction of sp³-hybridized carbons (Fsp3) is 0. The molecule has 0 spiro atoms. The van der Waals surface area contributed by atoms with Gasteiger partial charge in [-0.1, -0.05) is 34.5 Å². The lowest BCUT2D eigenvalue weighted by Crippen LogP contribution is -2.11. The van der Waals surface area contributed by atoms with Crippen LogP contribution >= 0.6 is 34.5 Å². The van der Waals surface area contributed by atoms with Gasteiger partial charge in [0.25, 0.3) is 5.91 Å². The topological polar surface area (TPSA) is 54.9 Å². The Morgan fingerprint density at radius 2 is 1.73 bits per heavy atom. The van der Waals surface area contributed by atoms with Crippen molar-refractivity contribution in [2.75, 3.05) is 5.32 Å². The van der Waals surface area contributed by atoms with E-state index in [4.69, 9.17) is 23.2 Å². The van der Waals surface area contributed by atoms with E-state index in [1.54, 1.807) is 24.4 Å². The van der Waals surface area contributed by atoms with Crippen molar-refractivity contribution in [2.24, 2.45) is 0 Å². The number of rotatable bonds is 3. The lowest BCUT2D eigenvalue weighted by Gasteiger charge is -2.07. The summed E-state index contributed by atoms with van der Waals surface area (Å²) in [5.41, 5.74) is 2.93. The Hall–Kier alpha value is -2.47. The summed E-state index contributed by atoms with van der Waals surface area (Å²) >= 11 is 13.4. The van der Waals surface area contributed by atoms with E-state index in [9.17, 15) is 4.79 Å². The highest BCUT2D eigenvalue weighted by molar-refractivity contribution is 7.21. The second kappa shape index (κ2) is 7.03. The number of nitrogens with one attached hydrogen (secondary N) is 1. The summed E-state index contributed by atoms with van der Waals surface area (Å²) in [4.78, 5) is 22.1. The van der Waals surface area contributed by atoms with E-state index in [2.05, 4.69) is 15.3 Å². The second-order valence-corrected chi connectivity index (χ2v) is 7.39. The molecule has 4 aromatic rings. The van der Waals surface area contributed by atoms with Crippen LogP contribution < -0.4 is 5.32 Å². The Morgan fingerprint density at radius 3 is 2.42 bits per heavy atom. The molecule has 0 aliphatic carbocycles. The third kappa shape index (κ3) is 3.55. The van der Waals surface area contributed by atoms with Crippen LogP contribution in [0.3, 0.4) is 0 Å². The summed E-state index contributed by atoms with van der Waals surface area (Å²) in [6, 6.07) is 16.0. The van der Waals surface area contributed by atoms with Gasteiger partial charge in [-0.25, -0.2) is 9.97 Å². The minimum atomic E-state index is -0.272. The predicted octanol–water partition coefficient (Wildman–Crippen LogP) is 5.92. The molecule has 0 radical (unpaired) electrons. The molecule has 0 saturated carbocycles. The minimum Gasteiger partial charge on any atom is -0.322 e. The van der Waals surface area contributed by atoms with Crippen molar-refractivity contribution in [1.82, 2.24) is 9.97 Å². The number of nitrogens with zero attached hydrogens (tertiary/aromatic N) is 2. The van der Waals surface area contributed by atoms with Crippen molar-refractivity contribution in [3.63, 3.8) is 0 Å². The van der Waals surface area contributed by atoms with E-state index in [1.165, 1.54) is 11.3 Å². The Balaban J connectivity index is 1.55. The monoisotopic (exact) mass is 399 g/mol. The second-order valence-electron chi connectivity index (χ2n) is 5.54. The number of thiazole rings is 1. The van der Waals surface area contributed by atoms with Crippen LogP contribution in [0.1, 0.15) is 10.4 Å². The number of anilines is 1. The van der Waals surface area contributed by atoms with Gasteiger partial charge >= 0.3 is 0 Å². The van der Waals surface area contributed by atoms with Gasteiger partial charge in [0, 0.05) is 33.1 Å². The average molecular weight is 400 g/mol. The number of halogens is 2. The van der Waals surface area contributed by atoms with Gasteiger partial charge in [-0.2, -0.15) is 0 Å². The Labute approximate surface area is 163 Å². The maximum Gasteiger partial charge on any atom is 0.255 e. The molecule has 0 unspecified atom stereocenters. The van der Waals surface area contributed by atoms with E-state index >= 15 is 0 Å². The number of hydrogen-bond donors (Lipinski definition) is 1. The fourth-order valence-corrected chi connectivity index (χ4v) is 3.92. The SMILES string of the molecule is O=C(Nc1ccc(-c2nc3cccnc3s2)cc1)c1cc(Cl)cc(Cl)c1. The quantitative estimate of drug-likeness (QED) is 0.465. The number of fused-ring (bicyclic) bond motifs is 1. The van der Waals surface area contributed by atoms with Gasteiger partial charge in [0.05, 0.1) is 0 Å². The van der Waals surface area contributed by atoms with Crippen molar-refractivity contribution >= 4 is 56.5 Å². The first-order valence-electron chi connectivity index (χ1n) is 7.68. The predicted molar refractivity (Wildman–Crippen MR) is 107 cm³/mol. The molecule has 128 valence electrons. The molecule has 2 heterocycles. The van der Waals surface area contributed by atoms with Crippen molar-refractivity contribution in [2.45, 2.75) is 0 Å². The fourth-order valence-electron chi connectivity index (χ4n) is 2.48. The highest BCUT2D eigenvalue weighted by atomic mass is 35.5.